The lowest BCUT2D eigenvalue weighted by Crippen LogP contribution is -2.37. The molecule has 33 heavy (non-hydrogen) atoms. The fourth-order valence-corrected chi connectivity index (χ4v) is 4.62. The van der Waals surface area contributed by atoms with Gasteiger partial charge in [-0.15, -0.1) is 0 Å². The fraction of sp³-hybridized carbons (Fsp3) is 0.208. The van der Waals surface area contributed by atoms with E-state index in [1.807, 2.05) is 26.0 Å². The Morgan fingerprint density at radius 2 is 1.58 bits per heavy atom. The van der Waals surface area contributed by atoms with E-state index in [9.17, 15) is 26.4 Å². The maximum absolute atomic E-state index is 13.3. The number of hydrogen-bond donors (Lipinski definition) is 1. The average Bonchev–Trinajstić information content (AvgIpc) is 2.73. The third-order valence-electron chi connectivity index (χ3n) is 4.89. The number of aryl methyl sites for hydroxylation is 2. The zero-order valence-electron chi connectivity index (χ0n) is 18.1. The van der Waals surface area contributed by atoms with Gasteiger partial charge >= 0.3 is 6.18 Å². The third-order valence-corrected chi connectivity index (χ3v) is 6.70. The first-order valence-corrected chi connectivity index (χ1v) is 11.5. The number of nitrogens with one attached hydrogen (secondary N) is 1. The molecule has 0 fully saturated rings. The van der Waals surface area contributed by atoms with Crippen molar-refractivity contribution >= 4 is 21.6 Å². The van der Waals surface area contributed by atoms with Gasteiger partial charge in [0.2, 0.25) is 15.9 Å². The predicted octanol–water partition coefficient (Wildman–Crippen LogP) is 5.15. The second kappa shape index (κ2) is 9.76. The van der Waals surface area contributed by atoms with E-state index >= 15 is 0 Å². The zero-order chi connectivity index (χ0) is 24.2. The molecule has 0 bridgehead atoms. The normalized spacial score (nSPS) is 12.1. The fourth-order valence-electron chi connectivity index (χ4n) is 3.23. The lowest BCUT2D eigenvalue weighted by Gasteiger charge is -2.22. The topological polar surface area (TPSA) is 66.5 Å². The summed E-state index contributed by atoms with van der Waals surface area (Å²) in [5, 5.41) is 2.37. The summed E-state index contributed by atoms with van der Waals surface area (Å²) in [5.41, 5.74) is 1.50. The molecule has 5 nitrogen and oxygen atoms in total. The van der Waals surface area contributed by atoms with E-state index < -0.39 is 34.2 Å². The molecule has 0 heterocycles. The molecule has 9 heteroatoms. The van der Waals surface area contributed by atoms with Gasteiger partial charge in [0.1, 0.15) is 0 Å². The molecule has 0 aliphatic heterocycles. The van der Waals surface area contributed by atoms with Crippen LogP contribution in [0.15, 0.2) is 77.7 Å². The summed E-state index contributed by atoms with van der Waals surface area (Å²) < 4.78 is 66.5. The minimum atomic E-state index is -4.56. The van der Waals surface area contributed by atoms with Crippen molar-refractivity contribution in [3.8, 4) is 0 Å². The molecule has 0 atom stereocenters. The van der Waals surface area contributed by atoms with Crippen LogP contribution in [-0.2, 0) is 27.5 Å². The Labute approximate surface area is 190 Å². The van der Waals surface area contributed by atoms with Crippen LogP contribution in [0.5, 0.6) is 0 Å². The van der Waals surface area contributed by atoms with Crippen LogP contribution in [0, 0.1) is 13.8 Å². The van der Waals surface area contributed by atoms with Crippen LogP contribution in [0.2, 0.25) is 0 Å². The molecule has 0 spiro atoms. The molecule has 3 aromatic carbocycles. The smallest absolute Gasteiger partial charge is 0.325 e. The van der Waals surface area contributed by atoms with E-state index in [0.717, 1.165) is 27.6 Å². The number of alkyl halides is 3. The molecule has 3 rings (SSSR count). The summed E-state index contributed by atoms with van der Waals surface area (Å²) >= 11 is 0. The highest BCUT2D eigenvalue weighted by Crippen LogP contribution is 2.30. The van der Waals surface area contributed by atoms with Crippen molar-refractivity contribution in [3.63, 3.8) is 0 Å². The van der Waals surface area contributed by atoms with Crippen molar-refractivity contribution in [1.29, 1.82) is 0 Å². The maximum Gasteiger partial charge on any atom is 0.416 e. The van der Waals surface area contributed by atoms with Crippen LogP contribution in [0.25, 0.3) is 0 Å². The molecular formula is C24H23F3N2O3S. The molecule has 0 saturated carbocycles. The summed E-state index contributed by atoms with van der Waals surface area (Å²) in [4.78, 5) is 12.7. The number of benzene rings is 3. The van der Waals surface area contributed by atoms with Gasteiger partial charge < -0.3 is 5.32 Å². The zero-order valence-corrected chi connectivity index (χ0v) is 18.9. The molecule has 0 aliphatic rings. The van der Waals surface area contributed by atoms with Crippen LogP contribution in [0.3, 0.4) is 0 Å². The Bertz CT molecular complexity index is 1240. The predicted molar refractivity (Wildman–Crippen MR) is 120 cm³/mol. The Kier molecular flexibility index (Phi) is 7.24. The molecular weight excluding hydrogens is 453 g/mol. The summed E-state index contributed by atoms with van der Waals surface area (Å²) in [5.74, 6) is -0.752. The van der Waals surface area contributed by atoms with E-state index in [-0.39, 0.29) is 17.1 Å². The quantitative estimate of drug-likeness (QED) is 0.513. The van der Waals surface area contributed by atoms with Gasteiger partial charge in [-0.2, -0.15) is 17.5 Å². The number of amides is 1. The highest BCUT2D eigenvalue weighted by atomic mass is 32.2. The van der Waals surface area contributed by atoms with Gasteiger partial charge in [-0.3, -0.25) is 4.79 Å². The van der Waals surface area contributed by atoms with Gasteiger partial charge in [0.15, 0.2) is 0 Å². The molecule has 1 amide bonds. The Morgan fingerprint density at radius 3 is 2.21 bits per heavy atom. The summed E-state index contributed by atoms with van der Waals surface area (Å²) in [7, 11) is -4.06. The SMILES string of the molecule is Cc1ccc(S(=O)(=O)N(CC(=O)Nc2cccc(C(F)(F)F)c2)Cc2cccc(C)c2)cc1. The van der Waals surface area contributed by atoms with E-state index in [1.54, 1.807) is 24.3 Å². The minimum Gasteiger partial charge on any atom is -0.325 e. The third kappa shape index (κ3) is 6.43. The Hall–Kier alpha value is -3.17. The van der Waals surface area contributed by atoms with Crippen LogP contribution < -0.4 is 5.32 Å². The number of nitrogens with zero attached hydrogens (tertiary/aromatic N) is 1. The lowest BCUT2D eigenvalue weighted by molar-refractivity contribution is -0.137. The van der Waals surface area contributed by atoms with Crippen molar-refractivity contribution in [2.45, 2.75) is 31.5 Å². The maximum atomic E-state index is 13.3. The monoisotopic (exact) mass is 476 g/mol. The standard InChI is InChI=1S/C24H23F3N2O3S/c1-17-9-11-22(12-10-17)33(31,32)29(15-19-6-3-5-18(2)13-19)16-23(30)28-21-8-4-7-20(14-21)24(25,26)27/h3-14H,15-16H2,1-2H3,(H,28,30). The minimum absolute atomic E-state index is 0.0209. The number of rotatable bonds is 7. The molecule has 1 N–H and O–H groups in total. The number of hydrogen-bond acceptors (Lipinski definition) is 3. The van der Waals surface area contributed by atoms with Crippen molar-refractivity contribution in [1.82, 2.24) is 4.31 Å². The van der Waals surface area contributed by atoms with Gasteiger partial charge in [0.25, 0.3) is 0 Å². The van der Waals surface area contributed by atoms with Crippen molar-refractivity contribution in [3.05, 3.63) is 95.1 Å². The second-order valence-corrected chi connectivity index (χ2v) is 9.64. The first-order valence-electron chi connectivity index (χ1n) is 10.0. The number of sulfonamides is 1. The van der Waals surface area contributed by atoms with Gasteiger partial charge in [-0.1, -0.05) is 53.6 Å². The van der Waals surface area contributed by atoms with Gasteiger partial charge in [-0.25, -0.2) is 8.42 Å². The van der Waals surface area contributed by atoms with Crippen LogP contribution in [0.4, 0.5) is 18.9 Å². The first kappa shape index (κ1) is 24.5. The van der Waals surface area contributed by atoms with Gasteiger partial charge in [0.05, 0.1) is 17.0 Å². The number of carbonyl (C=O) groups excluding carboxylic acids is 1. The van der Waals surface area contributed by atoms with Gasteiger partial charge in [0, 0.05) is 12.2 Å². The Morgan fingerprint density at radius 1 is 0.909 bits per heavy atom. The summed E-state index contributed by atoms with van der Waals surface area (Å²) in [6.45, 7) is 3.04. The number of anilines is 1. The highest BCUT2D eigenvalue weighted by Gasteiger charge is 2.31. The average molecular weight is 477 g/mol. The molecule has 0 aliphatic carbocycles. The lowest BCUT2D eigenvalue weighted by atomic mass is 10.1. The first-order chi connectivity index (χ1) is 15.4. The largest absolute Gasteiger partial charge is 0.416 e. The van der Waals surface area contributed by atoms with Gasteiger partial charge in [-0.05, 0) is 49.7 Å². The number of halogens is 3. The molecule has 0 radical (unpaired) electrons. The van der Waals surface area contributed by atoms with Crippen LogP contribution in [-0.4, -0.2) is 25.2 Å². The van der Waals surface area contributed by atoms with E-state index in [1.165, 1.54) is 24.3 Å². The summed E-state index contributed by atoms with van der Waals surface area (Å²) in [6.07, 6.45) is -4.56. The summed E-state index contributed by atoms with van der Waals surface area (Å²) in [6, 6.07) is 17.6. The molecule has 0 saturated heterocycles. The molecule has 3 aromatic rings. The second-order valence-electron chi connectivity index (χ2n) is 7.70. The Balaban J connectivity index is 1.87. The molecule has 0 aromatic heterocycles. The molecule has 174 valence electrons. The van der Waals surface area contributed by atoms with Crippen LogP contribution in [0.1, 0.15) is 22.3 Å². The number of carbonyl (C=O) groups is 1. The van der Waals surface area contributed by atoms with E-state index in [2.05, 4.69) is 5.32 Å². The van der Waals surface area contributed by atoms with Crippen LogP contribution >= 0.6 is 0 Å². The van der Waals surface area contributed by atoms with Crippen molar-refractivity contribution in [2.75, 3.05) is 11.9 Å². The van der Waals surface area contributed by atoms with E-state index in [0.29, 0.717) is 5.56 Å². The highest BCUT2D eigenvalue weighted by molar-refractivity contribution is 7.89. The van der Waals surface area contributed by atoms with Crippen molar-refractivity contribution in [2.24, 2.45) is 0 Å². The van der Waals surface area contributed by atoms with Crippen molar-refractivity contribution < 1.29 is 26.4 Å². The molecule has 0 unspecified atom stereocenters. The van der Waals surface area contributed by atoms with E-state index in [4.69, 9.17) is 0 Å².